The van der Waals surface area contributed by atoms with Crippen molar-refractivity contribution in [3.05, 3.63) is 174 Å². The van der Waals surface area contributed by atoms with Gasteiger partial charge in [-0.15, -0.1) is 0 Å². The van der Waals surface area contributed by atoms with Gasteiger partial charge in [0.15, 0.2) is 0 Å². The van der Waals surface area contributed by atoms with Gasteiger partial charge in [-0.3, -0.25) is 0 Å². The van der Waals surface area contributed by atoms with Crippen LogP contribution in [0.2, 0.25) is 0 Å². The van der Waals surface area contributed by atoms with E-state index in [1.807, 2.05) is 12.3 Å². The van der Waals surface area contributed by atoms with Crippen LogP contribution in [0.15, 0.2) is 170 Å². The zero-order valence-corrected chi connectivity index (χ0v) is 31.0. The summed E-state index contributed by atoms with van der Waals surface area (Å²) in [5, 5.41) is 0. The summed E-state index contributed by atoms with van der Waals surface area (Å²) in [6.45, 7) is 0. The zero-order chi connectivity index (χ0) is 34.9. The van der Waals surface area contributed by atoms with Crippen LogP contribution < -0.4 is 9.80 Å². The minimum atomic E-state index is 0.928. The van der Waals surface area contributed by atoms with Crippen molar-refractivity contribution in [3.8, 4) is 39.2 Å². The Morgan fingerprint density at radius 1 is 0.529 bits per heavy atom. The molecule has 0 aliphatic carbocycles. The molecule has 51 heavy (non-hydrogen) atoms. The second-order valence-corrected chi connectivity index (χ2v) is 13.8. The van der Waals surface area contributed by atoms with Crippen molar-refractivity contribution in [1.82, 2.24) is 14.1 Å². The van der Waals surface area contributed by atoms with Gasteiger partial charge < -0.3 is 4.90 Å². The monoisotopic (exact) mass is 842 g/mol. The number of anilines is 4. The number of aromatic nitrogens is 3. The summed E-state index contributed by atoms with van der Waals surface area (Å²) in [5.41, 5.74) is 14.3. The Morgan fingerprint density at radius 2 is 1.10 bits per heavy atom. The van der Waals surface area contributed by atoms with Crippen LogP contribution in [-0.2, 0) is 26.4 Å². The number of aryl methyl sites for hydroxylation is 1. The number of fused-ring (bicyclic) bond motifs is 1. The first-order valence-corrected chi connectivity index (χ1v) is 18.1. The third kappa shape index (κ3) is 6.15. The van der Waals surface area contributed by atoms with Crippen molar-refractivity contribution in [3.63, 3.8) is 0 Å². The molecular weight excluding hydrogens is 806 g/mol. The molecule has 0 atom stereocenters. The Bertz CT molecular complexity index is 2490. The van der Waals surface area contributed by atoms with E-state index < -0.39 is 0 Å². The van der Waals surface area contributed by atoms with Gasteiger partial charge in [-0.25, -0.2) is 0 Å². The molecule has 0 fully saturated rings. The fourth-order valence-corrected chi connectivity index (χ4v) is 7.67. The van der Waals surface area contributed by atoms with Crippen LogP contribution in [0.25, 0.3) is 50.2 Å². The first-order chi connectivity index (χ1) is 25.0. The summed E-state index contributed by atoms with van der Waals surface area (Å²) in [6.07, 6.45) is 1.89. The Balaban J connectivity index is 1.42. The predicted octanol–water partition coefficient (Wildman–Crippen LogP) is 11.0. The number of hydrogen-bond donors (Lipinski definition) is 0. The van der Waals surface area contributed by atoms with Gasteiger partial charge in [0.05, 0.1) is 0 Å². The summed E-state index contributed by atoms with van der Waals surface area (Å²) in [4.78, 5) is 9.35. The van der Waals surface area contributed by atoms with Gasteiger partial charge in [-0.2, -0.15) is 0 Å². The standard InChI is InChI=1S/C45H37N5.Pt/c1-47(2)36-27-28-46-42(31-36)35-19-12-21-38(29-35)50(39-22-13-20-37(30-39)49-32-48(3)43-25-10-11-26-44(43)49)45-40(33-15-6-4-7-16-33)23-14-24-41(45)34-17-8-5-9-18-34;/h4-31H,1-3H3;. The molecule has 5 nitrogen and oxygen atoms in total. The number of pyridine rings is 1. The second-order valence-electron chi connectivity index (χ2n) is 12.8. The van der Waals surface area contributed by atoms with Crippen LogP contribution in [-0.4, -0.2) is 28.2 Å². The Kier molecular flexibility index (Phi) is 8.81. The van der Waals surface area contributed by atoms with E-state index in [2.05, 4.69) is 217 Å². The zero-order valence-electron chi connectivity index (χ0n) is 28.7. The van der Waals surface area contributed by atoms with Crippen molar-refractivity contribution in [2.75, 3.05) is 23.9 Å². The Morgan fingerprint density at radius 3 is 1.76 bits per heavy atom. The molecule has 6 heteroatoms. The summed E-state index contributed by atoms with van der Waals surface area (Å²) >= 11 is 2.44. The molecule has 0 aliphatic rings. The van der Waals surface area contributed by atoms with E-state index in [0.29, 0.717) is 0 Å². The number of nitrogens with zero attached hydrogens (tertiary/aromatic N) is 5. The first kappa shape index (κ1) is 32.4. The average Bonchev–Trinajstić information content (AvgIpc) is 3.44. The van der Waals surface area contributed by atoms with Gasteiger partial charge >= 0.3 is 286 Å². The van der Waals surface area contributed by atoms with Crippen molar-refractivity contribution in [1.29, 1.82) is 0 Å². The van der Waals surface area contributed by atoms with Gasteiger partial charge in [-0.1, -0.05) is 0 Å². The quantitative estimate of drug-likeness (QED) is 0.153. The molecule has 0 radical (unpaired) electrons. The molecule has 0 amide bonds. The second kappa shape index (κ2) is 13.9. The summed E-state index contributed by atoms with van der Waals surface area (Å²) in [7, 11) is 6.25. The number of hydrogen-bond acceptors (Lipinski definition) is 3. The maximum absolute atomic E-state index is 4.81. The topological polar surface area (TPSA) is 29.2 Å². The Hall–Kier alpha value is -5.77. The van der Waals surface area contributed by atoms with Crippen LogP contribution >= 0.6 is 0 Å². The van der Waals surface area contributed by atoms with Crippen molar-refractivity contribution >= 4 is 33.8 Å². The molecule has 2 heterocycles. The van der Waals surface area contributed by atoms with E-state index in [4.69, 9.17) is 4.98 Å². The molecule has 2 aromatic heterocycles. The number of para-hydroxylation sites is 3. The van der Waals surface area contributed by atoms with Crippen LogP contribution in [0.1, 0.15) is 0 Å². The first-order valence-electron chi connectivity index (χ1n) is 17.0. The van der Waals surface area contributed by atoms with Crippen LogP contribution in [0, 0.1) is 3.80 Å². The van der Waals surface area contributed by atoms with E-state index in [-0.39, 0.29) is 0 Å². The van der Waals surface area contributed by atoms with E-state index >= 15 is 0 Å². The van der Waals surface area contributed by atoms with E-state index in [0.717, 1.165) is 71.3 Å². The third-order valence-electron chi connectivity index (χ3n) is 9.35. The molecule has 8 aromatic rings. The molecule has 0 saturated carbocycles. The summed E-state index contributed by atoms with van der Waals surface area (Å²) < 4.78 is 5.72. The molecule has 252 valence electrons. The normalized spacial score (nSPS) is 11.2. The Labute approximate surface area is 309 Å². The van der Waals surface area contributed by atoms with Crippen molar-refractivity contribution in [2.45, 2.75) is 0 Å². The average molecular weight is 843 g/mol. The number of benzene rings is 6. The van der Waals surface area contributed by atoms with E-state index in [9.17, 15) is 0 Å². The van der Waals surface area contributed by atoms with E-state index in [1.165, 1.54) is 5.52 Å². The summed E-state index contributed by atoms with van der Waals surface area (Å²) in [5.74, 6) is 0. The molecular formula is C45H37N5Pt. The summed E-state index contributed by atoms with van der Waals surface area (Å²) in [6, 6.07) is 58.5. The van der Waals surface area contributed by atoms with Gasteiger partial charge in [-0.05, 0) is 6.07 Å². The fourth-order valence-electron chi connectivity index (χ4n) is 6.83. The van der Waals surface area contributed by atoms with Gasteiger partial charge in [0, 0.05) is 14.1 Å². The van der Waals surface area contributed by atoms with Gasteiger partial charge in [0.2, 0.25) is 0 Å². The molecule has 0 unspecified atom stereocenters. The fraction of sp³-hybridized carbons (Fsp3) is 0.0667. The van der Waals surface area contributed by atoms with Gasteiger partial charge in [0.1, 0.15) is 0 Å². The van der Waals surface area contributed by atoms with Crippen LogP contribution in [0.5, 0.6) is 0 Å². The molecule has 0 spiro atoms. The number of rotatable bonds is 8. The molecule has 0 bridgehead atoms. The maximum atomic E-state index is 4.81. The molecule has 0 N–H and O–H groups in total. The molecule has 8 rings (SSSR count). The molecule has 0 saturated heterocycles. The van der Waals surface area contributed by atoms with Crippen LogP contribution in [0.3, 0.4) is 0 Å². The predicted molar refractivity (Wildman–Crippen MR) is 209 cm³/mol. The van der Waals surface area contributed by atoms with Crippen LogP contribution in [0.4, 0.5) is 22.7 Å². The molecule has 0 aliphatic heterocycles. The molecule has 6 aromatic carbocycles. The third-order valence-corrected chi connectivity index (χ3v) is 10.6. The SMILES string of the molecule is CN(C)c1ccnc(-c2cccc(N(c3cccc(-n4[c](=[Pt])n(C)c5ccccc54)c3)c3c(-c4ccccc4)cccc3-c3ccccc3)c2)c1. The minimum absolute atomic E-state index is 0.928. The number of imidazole rings is 1. The van der Waals surface area contributed by atoms with E-state index in [1.54, 1.807) is 0 Å². The van der Waals surface area contributed by atoms with Gasteiger partial charge in [0.25, 0.3) is 0 Å². The van der Waals surface area contributed by atoms with Crippen molar-refractivity contribution in [2.24, 2.45) is 7.05 Å². The van der Waals surface area contributed by atoms with Crippen molar-refractivity contribution < 1.29 is 19.4 Å².